The highest BCUT2D eigenvalue weighted by molar-refractivity contribution is 5.96. The summed E-state index contributed by atoms with van der Waals surface area (Å²) in [6.45, 7) is 2.00. The van der Waals surface area contributed by atoms with Gasteiger partial charge in [0.15, 0.2) is 0 Å². The number of rotatable bonds is 5. The van der Waals surface area contributed by atoms with E-state index < -0.39 is 0 Å². The van der Waals surface area contributed by atoms with Gasteiger partial charge in [0.25, 0.3) is 5.91 Å². The van der Waals surface area contributed by atoms with Crippen LogP contribution in [0.2, 0.25) is 0 Å². The summed E-state index contributed by atoms with van der Waals surface area (Å²) >= 11 is 0. The molecule has 1 aliphatic rings. The minimum atomic E-state index is -0.288. The molecule has 1 saturated carbocycles. The molecular formula is C22H25N3O2. The second-order valence-corrected chi connectivity index (χ2v) is 7.01. The number of hydrazone groups is 1. The third kappa shape index (κ3) is 5.51. The molecule has 0 spiro atoms. The van der Waals surface area contributed by atoms with Crippen LogP contribution in [-0.4, -0.2) is 18.0 Å². The molecule has 2 aromatic rings. The van der Waals surface area contributed by atoms with Crippen LogP contribution in [0.4, 0.5) is 5.69 Å². The lowest BCUT2D eigenvalue weighted by Gasteiger charge is -2.20. The molecule has 0 atom stereocenters. The Bertz CT molecular complexity index is 822. The summed E-state index contributed by atoms with van der Waals surface area (Å²) < 4.78 is 0. The topological polar surface area (TPSA) is 70.6 Å². The molecule has 2 N–H and O–H groups in total. The molecule has 0 bridgehead atoms. The monoisotopic (exact) mass is 363 g/mol. The normalized spacial score (nSPS) is 14.9. The quantitative estimate of drug-likeness (QED) is 0.615. The van der Waals surface area contributed by atoms with Gasteiger partial charge in [0.2, 0.25) is 5.91 Å². The first-order valence-corrected chi connectivity index (χ1v) is 9.43. The van der Waals surface area contributed by atoms with Gasteiger partial charge in [-0.25, -0.2) is 5.43 Å². The van der Waals surface area contributed by atoms with Crippen LogP contribution in [0, 0.1) is 12.8 Å². The molecule has 2 aromatic carbocycles. The number of hydrogen-bond acceptors (Lipinski definition) is 3. The Hall–Kier alpha value is -2.95. The fraction of sp³-hybridized carbons (Fsp3) is 0.318. The van der Waals surface area contributed by atoms with Crippen molar-refractivity contribution in [1.82, 2.24) is 5.43 Å². The van der Waals surface area contributed by atoms with E-state index in [0.717, 1.165) is 36.8 Å². The van der Waals surface area contributed by atoms with Gasteiger partial charge in [0.1, 0.15) is 0 Å². The van der Waals surface area contributed by atoms with Gasteiger partial charge in [-0.15, -0.1) is 0 Å². The van der Waals surface area contributed by atoms with Gasteiger partial charge < -0.3 is 5.32 Å². The Labute approximate surface area is 159 Å². The van der Waals surface area contributed by atoms with E-state index >= 15 is 0 Å². The zero-order valence-corrected chi connectivity index (χ0v) is 15.6. The molecule has 1 fully saturated rings. The van der Waals surface area contributed by atoms with Crippen LogP contribution in [0.15, 0.2) is 53.6 Å². The van der Waals surface area contributed by atoms with Crippen molar-refractivity contribution < 1.29 is 9.59 Å². The molecule has 140 valence electrons. The number of carbonyl (C=O) groups is 2. The lowest BCUT2D eigenvalue weighted by atomic mass is 9.88. The predicted molar refractivity (Wildman–Crippen MR) is 108 cm³/mol. The van der Waals surface area contributed by atoms with Crippen LogP contribution < -0.4 is 10.7 Å². The molecule has 0 saturated heterocycles. The highest BCUT2D eigenvalue weighted by atomic mass is 16.2. The number of nitrogens with zero attached hydrogens (tertiary/aromatic N) is 1. The summed E-state index contributed by atoms with van der Waals surface area (Å²) in [5.41, 5.74) is 5.79. The molecule has 5 nitrogen and oxygen atoms in total. The van der Waals surface area contributed by atoms with Crippen molar-refractivity contribution in [3.05, 3.63) is 65.2 Å². The van der Waals surface area contributed by atoms with Crippen molar-refractivity contribution in [2.75, 3.05) is 5.32 Å². The first-order valence-electron chi connectivity index (χ1n) is 9.43. The summed E-state index contributed by atoms with van der Waals surface area (Å²) in [5, 5.41) is 6.94. The number of nitrogens with one attached hydrogen (secondary N) is 2. The third-order valence-corrected chi connectivity index (χ3v) is 4.81. The first-order chi connectivity index (χ1) is 13.1. The van der Waals surface area contributed by atoms with Gasteiger partial charge in [-0.1, -0.05) is 49.1 Å². The Balaban J connectivity index is 1.53. The van der Waals surface area contributed by atoms with E-state index in [1.54, 1.807) is 30.5 Å². The van der Waals surface area contributed by atoms with Gasteiger partial charge in [-0.3, -0.25) is 9.59 Å². The molecule has 0 aromatic heterocycles. The number of anilines is 1. The summed E-state index contributed by atoms with van der Waals surface area (Å²) in [5.74, 6) is -0.101. The third-order valence-electron chi connectivity index (χ3n) is 4.81. The Morgan fingerprint density at radius 1 is 1.04 bits per heavy atom. The van der Waals surface area contributed by atoms with Crippen molar-refractivity contribution in [1.29, 1.82) is 0 Å². The van der Waals surface area contributed by atoms with Crippen LogP contribution in [0.25, 0.3) is 0 Å². The van der Waals surface area contributed by atoms with Gasteiger partial charge in [0, 0.05) is 17.2 Å². The van der Waals surface area contributed by atoms with Crippen LogP contribution >= 0.6 is 0 Å². The SMILES string of the molecule is Cc1cccc(C=NNC(=O)c2ccc(NC(=O)C3CCCCC3)cc2)c1. The Morgan fingerprint density at radius 3 is 2.48 bits per heavy atom. The molecule has 27 heavy (non-hydrogen) atoms. The largest absolute Gasteiger partial charge is 0.326 e. The van der Waals surface area contributed by atoms with Crippen LogP contribution in [0.5, 0.6) is 0 Å². The van der Waals surface area contributed by atoms with E-state index in [2.05, 4.69) is 15.8 Å². The molecule has 0 aliphatic heterocycles. The van der Waals surface area contributed by atoms with E-state index in [9.17, 15) is 9.59 Å². The molecule has 3 rings (SSSR count). The lowest BCUT2D eigenvalue weighted by Crippen LogP contribution is -2.24. The van der Waals surface area contributed by atoms with E-state index in [1.165, 1.54) is 6.42 Å². The van der Waals surface area contributed by atoms with Crippen molar-refractivity contribution >= 4 is 23.7 Å². The molecule has 5 heteroatoms. The van der Waals surface area contributed by atoms with Crippen molar-refractivity contribution in [2.45, 2.75) is 39.0 Å². The molecular weight excluding hydrogens is 338 g/mol. The summed E-state index contributed by atoms with van der Waals surface area (Å²) in [6, 6.07) is 14.7. The zero-order chi connectivity index (χ0) is 19.1. The van der Waals surface area contributed by atoms with Gasteiger partial charge in [-0.05, 0) is 49.6 Å². The highest BCUT2D eigenvalue weighted by Crippen LogP contribution is 2.25. The van der Waals surface area contributed by atoms with E-state index in [0.29, 0.717) is 11.3 Å². The maximum atomic E-state index is 12.3. The molecule has 0 heterocycles. The molecule has 0 unspecified atom stereocenters. The second kappa shape index (κ2) is 9.12. The molecule has 2 amide bonds. The summed E-state index contributed by atoms with van der Waals surface area (Å²) in [6.07, 6.45) is 7.01. The van der Waals surface area contributed by atoms with E-state index in [1.807, 2.05) is 31.2 Å². The average Bonchev–Trinajstić information content (AvgIpc) is 2.69. The fourth-order valence-electron chi connectivity index (χ4n) is 3.29. The van der Waals surface area contributed by atoms with Crippen LogP contribution in [0.3, 0.4) is 0 Å². The Kier molecular flexibility index (Phi) is 6.36. The number of aryl methyl sites for hydroxylation is 1. The smallest absolute Gasteiger partial charge is 0.271 e. The highest BCUT2D eigenvalue weighted by Gasteiger charge is 2.21. The maximum Gasteiger partial charge on any atom is 0.271 e. The summed E-state index contributed by atoms with van der Waals surface area (Å²) in [7, 11) is 0. The first kappa shape index (κ1) is 18.8. The van der Waals surface area contributed by atoms with Crippen molar-refractivity contribution in [2.24, 2.45) is 11.0 Å². The number of hydrogen-bond donors (Lipinski definition) is 2. The lowest BCUT2D eigenvalue weighted by molar-refractivity contribution is -0.120. The van der Waals surface area contributed by atoms with Gasteiger partial charge in [0.05, 0.1) is 6.21 Å². The number of amides is 2. The van der Waals surface area contributed by atoms with Crippen molar-refractivity contribution in [3.8, 4) is 0 Å². The standard InChI is InChI=1S/C22H25N3O2/c1-16-6-5-7-17(14-16)15-23-25-22(27)19-10-12-20(13-11-19)24-21(26)18-8-3-2-4-9-18/h5-7,10-15,18H,2-4,8-9H2,1H3,(H,24,26)(H,25,27). The van der Waals surface area contributed by atoms with E-state index in [4.69, 9.17) is 0 Å². The fourth-order valence-corrected chi connectivity index (χ4v) is 3.29. The summed E-state index contributed by atoms with van der Waals surface area (Å²) in [4.78, 5) is 24.4. The van der Waals surface area contributed by atoms with Gasteiger partial charge >= 0.3 is 0 Å². The Morgan fingerprint density at radius 2 is 1.78 bits per heavy atom. The number of carbonyl (C=O) groups excluding carboxylic acids is 2. The predicted octanol–water partition coefficient (Wildman–Crippen LogP) is 4.28. The van der Waals surface area contributed by atoms with Gasteiger partial charge in [-0.2, -0.15) is 5.10 Å². The second-order valence-electron chi connectivity index (χ2n) is 7.01. The average molecular weight is 363 g/mol. The molecule has 1 aliphatic carbocycles. The molecule has 0 radical (unpaired) electrons. The van der Waals surface area contributed by atoms with Crippen LogP contribution in [0.1, 0.15) is 53.6 Å². The van der Waals surface area contributed by atoms with Crippen LogP contribution in [-0.2, 0) is 4.79 Å². The minimum Gasteiger partial charge on any atom is -0.326 e. The van der Waals surface area contributed by atoms with Crippen molar-refractivity contribution in [3.63, 3.8) is 0 Å². The number of benzene rings is 2. The minimum absolute atomic E-state index is 0.0784. The van der Waals surface area contributed by atoms with E-state index in [-0.39, 0.29) is 17.7 Å². The maximum absolute atomic E-state index is 12.3. The zero-order valence-electron chi connectivity index (χ0n) is 15.6.